The maximum absolute atomic E-state index is 11.8. The molecule has 4 nitrogen and oxygen atoms in total. The SMILES string of the molecule is Cc1cc(NC(=O)Cc2cccnc2)cnc1Cl. The van der Waals surface area contributed by atoms with Crippen molar-refractivity contribution in [3.63, 3.8) is 0 Å². The molecule has 0 bridgehead atoms. The smallest absolute Gasteiger partial charge is 0.228 e. The molecule has 1 N–H and O–H groups in total. The molecule has 5 heteroatoms. The van der Waals surface area contributed by atoms with E-state index >= 15 is 0 Å². The van der Waals surface area contributed by atoms with E-state index in [9.17, 15) is 4.79 Å². The van der Waals surface area contributed by atoms with Crippen LogP contribution >= 0.6 is 11.6 Å². The molecule has 0 aliphatic heterocycles. The number of halogens is 1. The van der Waals surface area contributed by atoms with Gasteiger partial charge in [0.1, 0.15) is 5.15 Å². The molecule has 1 amide bonds. The van der Waals surface area contributed by atoms with E-state index in [1.54, 1.807) is 24.5 Å². The third kappa shape index (κ3) is 3.28. The number of nitrogens with zero attached hydrogens (tertiary/aromatic N) is 2. The van der Waals surface area contributed by atoms with E-state index in [0.717, 1.165) is 11.1 Å². The number of anilines is 1. The summed E-state index contributed by atoms with van der Waals surface area (Å²) in [6.07, 6.45) is 5.17. The van der Waals surface area contributed by atoms with Crippen molar-refractivity contribution >= 4 is 23.2 Å². The molecule has 0 atom stereocenters. The Bertz CT molecular complexity index is 557. The van der Waals surface area contributed by atoms with Gasteiger partial charge in [0, 0.05) is 12.4 Å². The topological polar surface area (TPSA) is 54.9 Å². The highest BCUT2D eigenvalue weighted by Gasteiger charge is 2.05. The molecular formula is C13H12ClN3O. The van der Waals surface area contributed by atoms with Gasteiger partial charge in [0.15, 0.2) is 0 Å². The molecule has 0 radical (unpaired) electrons. The van der Waals surface area contributed by atoms with Crippen LogP contribution in [-0.2, 0) is 11.2 Å². The zero-order chi connectivity index (χ0) is 13.0. The Morgan fingerprint density at radius 2 is 2.28 bits per heavy atom. The number of rotatable bonds is 3. The highest BCUT2D eigenvalue weighted by molar-refractivity contribution is 6.30. The van der Waals surface area contributed by atoms with Crippen LogP contribution in [0.5, 0.6) is 0 Å². The van der Waals surface area contributed by atoms with Crippen molar-refractivity contribution in [1.82, 2.24) is 9.97 Å². The minimum atomic E-state index is -0.105. The van der Waals surface area contributed by atoms with Gasteiger partial charge in [0.05, 0.1) is 18.3 Å². The summed E-state index contributed by atoms with van der Waals surface area (Å²) >= 11 is 5.81. The van der Waals surface area contributed by atoms with E-state index in [1.165, 1.54) is 6.20 Å². The molecule has 0 aliphatic carbocycles. The van der Waals surface area contributed by atoms with Crippen molar-refractivity contribution in [3.05, 3.63) is 53.1 Å². The fraction of sp³-hybridized carbons (Fsp3) is 0.154. The number of nitrogens with one attached hydrogen (secondary N) is 1. The average molecular weight is 262 g/mol. The van der Waals surface area contributed by atoms with Crippen molar-refractivity contribution in [1.29, 1.82) is 0 Å². The fourth-order valence-corrected chi connectivity index (χ4v) is 1.62. The van der Waals surface area contributed by atoms with Crippen LogP contribution in [0, 0.1) is 6.92 Å². The maximum atomic E-state index is 11.8. The third-order valence-corrected chi connectivity index (χ3v) is 2.78. The monoisotopic (exact) mass is 261 g/mol. The molecule has 2 aromatic heterocycles. The molecule has 2 rings (SSSR count). The number of aromatic nitrogens is 2. The number of aryl methyl sites for hydroxylation is 1. The summed E-state index contributed by atoms with van der Waals surface area (Å²) in [6, 6.07) is 5.45. The van der Waals surface area contributed by atoms with Gasteiger partial charge in [-0.05, 0) is 30.2 Å². The Morgan fingerprint density at radius 1 is 1.44 bits per heavy atom. The minimum absolute atomic E-state index is 0.105. The number of carbonyl (C=O) groups excluding carboxylic acids is 1. The summed E-state index contributed by atoms with van der Waals surface area (Å²) in [7, 11) is 0. The first-order valence-electron chi connectivity index (χ1n) is 5.46. The summed E-state index contributed by atoms with van der Waals surface area (Å²) in [5.41, 5.74) is 2.34. The van der Waals surface area contributed by atoms with Gasteiger partial charge in [-0.25, -0.2) is 4.98 Å². The predicted molar refractivity (Wildman–Crippen MR) is 70.6 cm³/mol. The van der Waals surface area contributed by atoms with E-state index in [4.69, 9.17) is 11.6 Å². The van der Waals surface area contributed by atoms with Gasteiger partial charge in [-0.3, -0.25) is 9.78 Å². The summed E-state index contributed by atoms with van der Waals surface area (Å²) in [6.45, 7) is 1.84. The second-order valence-corrected chi connectivity index (χ2v) is 4.28. The Balaban J connectivity index is 2.01. The lowest BCUT2D eigenvalue weighted by molar-refractivity contribution is -0.115. The second kappa shape index (κ2) is 5.60. The van der Waals surface area contributed by atoms with Crippen molar-refractivity contribution in [2.45, 2.75) is 13.3 Å². The lowest BCUT2D eigenvalue weighted by Gasteiger charge is -2.06. The first-order valence-corrected chi connectivity index (χ1v) is 5.84. The van der Waals surface area contributed by atoms with Gasteiger partial charge in [0.25, 0.3) is 0 Å². The number of pyridine rings is 2. The van der Waals surface area contributed by atoms with Crippen LogP contribution in [-0.4, -0.2) is 15.9 Å². The zero-order valence-electron chi connectivity index (χ0n) is 9.85. The van der Waals surface area contributed by atoms with Crippen LogP contribution in [0.2, 0.25) is 5.15 Å². The molecular weight excluding hydrogens is 250 g/mol. The third-order valence-electron chi connectivity index (χ3n) is 2.39. The van der Waals surface area contributed by atoms with Gasteiger partial charge in [-0.2, -0.15) is 0 Å². The first-order chi connectivity index (χ1) is 8.65. The molecule has 18 heavy (non-hydrogen) atoms. The van der Waals surface area contributed by atoms with Gasteiger partial charge in [0.2, 0.25) is 5.91 Å². The zero-order valence-corrected chi connectivity index (χ0v) is 10.6. The molecule has 2 heterocycles. The second-order valence-electron chi connectivity index (χ2n) is 3.92. The molecule has 0 spiro atoms. The lowest BCUT2D eigenvalue weighted by Crippen LogP contribution is -2.14. The highest BCUT2D eigenvalue weighted by Crippen LogP contribution is 2.16. The highest BCUT2D eigenvalue weighted by atomic mass is 35.5. The van der Waals surface area contributed by atoms with Crippen LogP contribution in [0.3, 0.4) is 0 Å². The van der Waals surface area contributed by atoms with Gasteiger partial charge in [-0.1, -0.05) is 17.7 Å². The molecule has 0 unspecified atom stereocenters. The summed E-state index contributed by atoms with van der Waals surface area (Å²) in [5.74, 6) is -0.105. The Kier molecular flexibility index (Phi) is 3.89. The fourth-order valence-electron chi connectivity index (χ4n) is 1.52. The van der Waals surface area contributed by atoms with Crippen LogP contribution < -0.4 is 5.32 Å². The number of carbonyl (C=O) groups is 1. The maximum Gasteiger partial charge on any atom is 0.228 e. The van der Waals surface area contributed by atoms with Gasteiger partial charge >= 0.3 is 0 Å². The van der Waals surface area contributed by atoms with E-state index in [1.807, 2.05) is 13.0 Å². The van der Waals surface area contributed by atoms with Gasteiger partial charge in [-0.15, -0.1) is 0 Å². The Labute approximate surface area is 110 Å². The molecule has 0 aliphatic rings. The first kappa shape index (κ1) is 12.5. The number of hydrogen-bond acceptors (Lipinski definition) is 3. The van der Waals surface area contributed by atoms with Crippen molar-refractivity contribution in [2.24, 2.45) is 0 Å². The normalized spacial score (nSPS) is 10.1. The minimum Gasteiger partial charge on any atom is -0.324 e. The quantitative estimate of drug-likeness (QED) is 0.864. The Morgan fingerprint density at radius 3 is 2.94 bits per heavy atom. The van der Waals surface area contributed by atoms with E-state index < -0.39 is 0 Å². The van der Waals surface area contributed by atoms with E-state index in [-0.39, 0.29) is 12.3 Å². The van der Waals surface area contributed by atoms with Crippen molar-refractivity contribution in [2.75, 3.05) is 5.32 Å². The van der Waals surface area contributed by atoms with Crippen LogP contribution in [0.15, 0.2) is 36.8 Å². The summed E-state index contributed by atoms with van der Waals surface area (Å²) < 4.78 is 0. The standard InChI is InChI=1S/C13H12ClN3O/c1-9-5-11(8-16-13(9)14)17-12(18)6-10-3-2-4-15-7-10/h2-5,7-8H,6H2,1H3,(H,17,18). The lowest BCUT2D eigenvalue weighted by atomic mass is 10.2. The van der Waals surface area contributed by atoms with E-state index in [0.29, 0.717) is 10.8 Å². The summed E-state index contributed by atoms with van der Waals surface area (Å²) in [5, 5.41) is 3.22. The van der Waals surface area contributed by atoms with E-state index in [2.05, 4.69) is 15.3 Å². The summed E-state index contributed by atoms with van der Waals surface area (Å²) in [4.78, 5) is 19.7. The molecule has 92 valence electrons. The molecule has 2 aromatic rings. The van der Waals surface area contributed by atoms with Gasteiger partial charge < -0.3 is 5.32 Å². The Hall–Kier alpha value is -1.94. The molecule has 0 fully saturated rings. The number of amides is 1. The van der Waals surface area contributed by atoms with Crippen molar-refractivity contribution < 1.29 is 4.79 Å². The predicted octanol–water partition coefficient (Wildman–Crippen LogP) is 2.62. The largest absolute Gasteiger partial charge is 0.324 e. The molecule has 0 saturated heterocycles. The average Bonchev–Trinajstić information content (AvgIpc) is 2.35. The molecule has 0 saturated carbocycles. The van der Waals surface area contributed by atoms with Crippen LogP contribution in [0.1, 0.15) is 11.1 Å². The van der Waals surface area contributed by atoms with Crippen LogP contribution in [0.4, 0.5) is 5.69 Å². The molecule has 0 aromatic carbocycles. The van der Waals surface area contributed by atoms with Crippen molar-refractivity contribution in [3.8, 4) is 0 Å². The number of hydrogen-bond donors (Lipinski definition) is 1. The van der Waals surface area contributed by atoms with Crippen LogP contribution in [0.25, 0.3) is 0 Å².